The molecule has 162 valence electrons. The van der Waals surface area contributed by atoms with E-state index < -0.39 is 12.7 Å². The predicted molar refractivity (Wildman–Crippen MR) is 104 cm³/mol. The normalized spacial score (nSPS) is 21.1. The molecule has 0 radical (unpaired) electrons. The maximum Gasteiger partial charge on any atom is 0.408 e. The lowest BCUT2D eigenvalue weighted by Crippen LogP contribution is -2.46. The molecule has 2 aliphatic rings. The monoisotopic (exact) mass is 431 g/mol. The quantitative estimate of drug-likeness (QED) is 0.635. The van der Waals surface area contributed by atoms with E-state index in [4.69, 9.17) is 4.74 Å². The first kappa shape index (κ1) is 19.9. The van der Waals surface area contributed by atoms with E-state index in [-0.39, 0.29) is 35.7 Å². The van der Waals surface area contributed by atoms with Crippen molar-refractivity contribution in [3.05, 3.63) is 53.7 Å². The SMILES string of the molecule is O=C(c1cc2c(cn1)c(Cc1ccccn1)nn2CC(F)(F)F)N1CC2CCC(C1)O2. The number of carbonyl (C=O) groups excluding carboxylic acids is 1. The fourth-order valence-corrected chi connectivity index (χ4v) is 4.29. The molecule has 2 fully saturated rings. The number of ether oxygens (including phenoxy) is 1. The van der Waals surface area contributed by atoms with E-state index in [2.05, 4.69) is 15.1 Å². The first-order valence-corrected chi connectivity index (χ1v) is 10.1. The third-order valence-corrected chi connectivity index (χ3v) is 5.67. The molecule has 3 aromatic heterocycles. The Balaban J connectivity index is 1.50. The highest BCUT2D eigenvalue weighted by atomic mass is 19.4. The van der Waals surface area contributed by atoms with Crippen LogP contribution < -0.4 is 0 Å². The number of pyridine rings is 2. The highest BCUT2D eigenvalue weighted by Gasteiger charge is 2.36. The van der Waals surface area contributed by atoms with Gasteiger partial charge in [-0.1, -0.05) is 6.07 Å². The van der Waals surface area contributed by atoms with Gasteiger partial charge < -0.3 is 9.64 Å². The smallest absolute Gasteiger partial charge is 0.371 e. The molecule has 0 aliphatic carbocycles. The number of nitrogens with zero attached hydrogens (tertiary/aromatic N) is 5. The van der Waals surface area contributed by atoms with Crippen molar-refractivity contribution in [2.75, 3.05) is 13.1 Å². The molecule has 2 aliphatic heterocycles. The molecule has 0 aromatic carbocycles. The number of rotatable bonds is 4. The average Bonchev–Trinajstić information content (AvgIpc) is 3.25. The van der Waals surface area contributed by atoms with Crippen LogP contribution in [0.2, 0.25) is 0 Å². The molecule has 1 amide bonds. The predicted octanol–water partition coefficient (Wildman–Crippen LogP) is 2.98. The van der Waals surface area contributed by atoms with Crippen LogP contribution in [0.5, 0.6) is 0 Å². The number of amides is 1. The molecule has 5 heterocycles. The van der Waals surface area contributed by atoms with Gasteiger partial charge in [0.25, 0.3) is 5.91 Å². The maximum atomic E-state index is 13.2. The van der Waals surface area contributed by atoms with Gasteiger partial charge in [0.15, 0.2) is 0 Å². The van der Waals surface area contributed by atoms with Crippen LogP contribution in [0.15, 0.2) is 36.7 Å². The molecule has 0 N–H and O–H groups in total. The number of fused-ring (bicyclic) bond motifs is 3. The molecule has 2 unspecified atom stereocenters. The third kappa shape index (κ3) is 4.12. The Morgan fingerprint density at radius 1 is 1.16 bits per heavy atom. The van der Waals surface area contributed by atoms with E-state index in [1.54, 1.807) is 23.2 Å². The van der Waals surface area contributed by atoms with Crippen molar-refractivity contribution in [1.29, 1.82) is 0 Å². The zero-order valence-electron chi connectivity index (χ0n) is 16.5. The van der Waals surface area contributed by atoms with E-state index in [9.17, 15) is 18.0 Å². The Kier molecular flexibility index (Phi) is 4.88. The van der Waals surface area contributed by atoms with Crippen LogP contribution in [0.4, 0.5) is 13.2 Å². The highest BCUT2D eigenvalue weighted by Crippen LogP contribution is 2.28. The summed E-state index contributed by atoms with van der Waals surface area (Å²) in [5.74, 6) is -0.298. The first-order chi connectivity index (χ1) is 14.9. The average molecular weight is 431 g/mol. The Labute approximate surface area is 175 Å². The molecule has 5 rings (SSSR count). The van der Waals surface area contributed by atoms with Gasteiger partial charge >= 0.3 is 6.18 Å². The largest absolute Gasteiger partial charge is 0.408 e. The molecule has 2 atom stereocenters. The molecule has 0 spiro atoms. The van der Waals surface area contributed by atoms with E-state index in [0.29, 0.717) is 29.9 Å². The van der Waals surface area contributed by atoms with Crippen LogP contribution in [-0.4, -0.2) is 62.0 Å². The summed E-state index contributed by atoms with van der Waals surface area (Å²) < 4.78 is 46.2. The Hall–Kier alpha value is -3.01. The second-order valence-electron chi connectivity index (χ2n) is 7.97. The molecule has 7 nitrogen and oxygen atoms in total. The number of morpholine rings is 1. The van der Waals surface area contributed by atoms with Crippen molar-refractivity contribution in [3.63, 3.8) is 0 Å². The number of carbonyl (C=O) groups is 1. The van der Waals surface area contributed by atoms with Crippen LogP contribution in [0.25, 0.3) is 10.9 Å². The van der Waals surface area contributed by atoms with Crippen molar-refractivity contribution >= 4 is 16.8 Å². The molecular formula is C21H20F3N5O2. The summed E-state index contributed by atoms with van der Waals surface area (Å²) in [7, 11) is 0. The van der Waals surface area contributed by atoms with Crippen molar-refractivity contribution in [3.8, 4) is 0 Å². The number of halogens is 3. The first-order valence-electron chi connectivity index (χ1n) is 10.1. The summed E-state index contributed by atoms with van der Waals surface area (Å²) in [5, 5.41) is 4.67. The topological polar surface area (TPSA) is 73.1 Å². The van der Waals surface area contributed by atoms with Gasteiger partial charge in [0.05, 0.1) is 23.4 Å². The second-order valence-corrected chi connectivity index (χ2v) is 7.97. The standard InChI is InChI=1S/C21H20F3N5O2/c22-21(23,24)12-29-19-8-18(20(30)28-10-14-4-5-15(11-28)31-14)26-9-16(19)17(27-29)7-13-3-1-2-6-25-13/h1-3,6,8-9,14-15H,4-5,7,10-12H2. The van der Waals surface area contributed by atoms with Crippen molar-refractivity contribution in [2.45, 2.75) is 44.2 Å². The van der Waals surface area contributed by atoms with Crippen LogP contribution in [-0.2, 0) is 17.7 Å². The van der Waals surface area contributed by atoms with Gasteiger partial charge in [-0.3, -0.25) is 19.4 Å². The van der Waals surface area contributed by atoms with Crippen LogP contribution in [0.3, 0.4) is 0 Å². The van der Waals surface area contributed by atoms with Crippen molar-refractivity contribution in [1.82, 2.24) is 24.6 Å². The number of hydrogen-bond acceptors (Lipinski definition) is 5. The Morgan fingerprint density at radius 3 is 2.61 bits per heavy atom. The van der Waals surface area contributed by atoms with Gasteiger partial charge in [0.2, 0.25) is 0 Å². The molecule has 3 aromatic rings. The molecular weight excluding hydrogens is 411 g/mol. The van der Waals surface area contributed by atoms with Crippen molar-refractivity contribution < 1.29 is 22.7 Å². The maximum absolute atomic E-state index is 13.2. The molecule has 10 heteroatoms. The zero-order chi connectivity index (χ0) is 21.6. The number of likely N-dealkylation sites (tertiary alicyclic amines) is 1. The summed E-state index contributed by atoms with van der Waals surface area (Å²) in [5.41, 5.74) is 1.47. The van der Waals surface area contributed by atoms with Crippen LogP contribution in [0.1, 0.15) is 34.7 Å². The minimum Gasteiger partial charge on any atom is -0.371 e. The lowest BCUT2D eigenvalue weighted by Gasteiger charge is -2.31. The minimum atomic E-state index is -4.45. The number of hydrogen-bond donors (Lipinski definition) is 0. The summed E-state index contributed by atoms with van der Waals surface area (Å²) in [6.07, 6.45) is 0.748. The summed E-state index contributed by atoms with van der Waals surface area (Å²) in [6, 6.07) is 6.77. The minimum absolute atomic E-state index is 0.0205. The molecule has 2 saturated heterocycles. The number of alkyl halides is 3. The summed E-state index contributed by atoms with van der Waals surface area (Å²) in [4.78, 5) is 23.2. The van der Waals surface area contributed by atoms with Crippen LogP contribution >= 0.6 is 0 Å². The van der Waals surface area contributed by atoms with Gasteiger partial charge in [-0.15, -0.1) is 0 Å². The van der Waals surface area contributed by atoms with E-state index >= 15 is 0 Å². The van der Waals surface area contributed by atoms with Gasteiger partial charge in [0.1, 0.15) is 12.2 Å². The fraction of sp³-hybridized carbons (Fsp3) is 0.429. The summed E-state index contributed by atoms with van der Waals surface area (Å²) >= 11 is 0. The van der Waals surface area contributed by atoms with Crippen LogP contribution in [0, 0.1) is 0 Å². The van der Waals surface area contributed by atoms with E-state index in [0.717, 1.165) is 17.5 Å². The van der Waals surface area contributed by atoms with Crippen molar-refractivity contribution in [2.24, 2.45) is 0 Å². The second kappa shape index (κ2) is 7.60. The van der Waals surface area contributed by atoms with Gasteiger partial charge in [-0.25, -0.2) is 0 Å². The lowest BCUT2D eigenvalue weighted by molar-refractivity contribution is -0.141. The Morgan fingerprint density at radius 2 is 1.94 bits per heavy atom. The molecule has 31 heavy (non-hydrogen) atoms. The van der Waals surface area contributed by atoms with Gasteiger partial charge in [-0.2, -0.15) is 18.3 Å². The lowest BCUT2D eigenvalue weighted by atomic mass is 10.1. The van der Waals surface area contributed by atoms with Gasteiger partial charge in [0, 0.05) is 43.0 Å². The fourth-order valence-electron chi connectivity index (χ4n) is 4.29. The molecule has 2 bridgehead atoms. The zero-order valence-corrected chi connectivity index (χ0v) is 16.5. The number of aromatic nitrogens is 4. The van der Waals surface area contributed by atoms with Gasteiger partial charge in [-0.05, 0) is 31.0 Å². The molecule has 0 saturated carbocycles. The highest BCUT2D eigenvalue weighted by molar-refractivity contribution is 5.96. The van der Waals surface area contributed by atoms with E-state index in [1.807, 2.05) is 6.07 Å². The third-order valence-electron chi connectivity index (χ3n) is 5.67. The Bertz CT molecular complexity index is 1100. The summed E-state index contributed by atoms with van der Waals surface area (Å²) in [6.45, 7) is -0.297. The van der Waals surface area contributed by atoms with E-state index in [1.165, 1.54) is 12.3 Å².